The van der Waals surface area contributed by atoms with Crippen molar-refractivity contribution in [2.75, 3.05) is 31.3 Å². The Kier molecular flexibility index (Phi) is 8.59. The molecule has 0 amide bonds. The Labute approximate surface area is 168 Å². The van der Waals surface area contributed by atoms with Gasteiger partial charge in [0.2, 0.25) is 5.95 Å². The zero-order valence-corrected chi connectivity index (χ0v) is 17.3. The largest absolute Gasteiger partial charge is 0.497 e. The van der Waals surface area contributed by atoms with E-state index in [1.807, 2.05) is 12.1 Å². The van der Waals surface area contributed by atoms with Gasteiger partial charge in [0, 0.05) is 23.9 Å². The molecule has 3 N–H and O–H groups in total. The van der Waals surface area contributed by atoms with Gasteiger partial charge in [-0.15, -0.1) is 0 Å². The molecular formula is C22H32N4O2. The first-order chi connectivity index (χ1) is 13.6. The van der Waals surface area contributed by atoms with Gasteiger partial charge in [0.05, 0.1) is 13.7 Å². The Bertz CT molecular complexity index is 777. The summed E-state index contributed by atoms with van der Waals surface area (Å²) in [7, 11) is 1.63. The molecule has 0 saturated heterocycles. The monoisotopic (exact) mass is 384 g/mol. The van der Waals surface area contributed by atoms with Gasteiger partial charge in [-0.05, 0) is 49.4 Å². The van der Waals surface area contributed by atoms with Crippen LogP contribution in [0.15, 0.2) is 31.0 Å². The van der Waals surface area contributed by atoms with Gasteiger partial charge in [-0.25, -0.2) is 4.98 Å². The molecule has 0 fully saturated rings. The van der Waals surface area contributed by atoms with Crippen molar-refractivity contribution in [1.29, 1.82) is 0 Å². The average Bonchev–Trinajstić information content (AvgIpc) is 2.72. The third-order valence-electron chi connectivity index (χ3n) is 4.56. The molecule has 152 valence electrons. The third-order valence-corrected chi connectivity index (χ3v) is 4.56. The molecule has 2 aromatic rings. The van der Waals surface area contributed by atoms with E-state index in [9.17, 15) is 0 Å². The van der Waals surface area contributed by atoms with Gasteiger partial charge in [0.15, 0.2) is 0 Å². The zero-order valence-electron chi connectivity index (χ0n) is 17.3. The Morgan fingerprint density at radius 2 is 2.04 bits per heavy atom. The summed E-state index contributed by atoms with van der Waals surface area (Å²) in [5.74, 6) is 2.69. The van der Waals surface area contributed by atoms with Crippen LogP contribution in [0.25, 0.3) is 5.76 Å². The minimum absolute atomic E-state index is 0.296. The lowest BCUT2D eigenvalue weighted by Crippen LogP contribution is -2.10. The molecule has 0 unspecified atom stereocenters. The van der Waals surface area contributed by atoms with E-state index < -0.39 is 0 Å². The number of unbranched alkanes of at least 4 members (excludes halogenated alkanes) is 1. The number of aromatic nitrogens is 2. The maximum Gasteiger partial charge on any atom is 0.221 e. The molecule has 1 aromatic carbocycles. The Morgan fingerprint density at radius 3 is 2.75 bits per heavy atom. The van der Waals surface area contributed by atoms with E-state index in [1.165, 1.54) is 0 Å². The molecule has 1 heterocycles. The van der Waals surface area contributed by atoms with E-state index in [0.717, 1.165) is 66.9 Å². The minimum atomic E-state index is 0.296. The lowest BCUT2D eigenvalue weighted by molar-refractivity contribution is 0.308. The van der Waals surface area contributed by atoms with E-state index in [4.69, 9.17) is 15.2 Å². The highest BCUT2D eigenvalue weighted by molar-refractivity contribution is 5.60. The Morgan fingerprint density at radius 1 is 1.21 bits per heavy atom. The molecule has 0 spiro atoms. The normalized spacial score (nSPS) is 10.5. The summed E-state index contributed by atoms with van der Waals surface area (Å²) in [6.07, 6.45) is 6.61. The topological polar surface area (TPSA) is 82.3 Å². The summed E-state index contributed by atoms with van der Waals surface area (Å²) in [5.41, 5.74) is 8.93. The average molecular weight is 385 g/mol. The van der Waals surface area contributed by atoms with Gasteiger partial charge in [-0.3, -0.25) is 0 Å². The van der Waals surface area contributed by atoms with Crippen molar-refractivity contribution in [3.05, 3.63) is 47.7 Å². The molecule has 0 aliphatic carbocycles. The van der Waals surface area contributed by atoms with Crippen LogP contribution in [0.2, 0.25) is 0 Å². The van der Waals surface area contributed by atoms with Crippen LogP contribution in [0.4, 0.5) is 11.8 Å². The molecule has 0 bridgehead atoms. The molecule has 2 rings (SSSR count). The summed E-state index contributed by atoms with van der Waals surface area (Å²) in [4.78, 5) is 8.47. The first-order valence-electron chi connectivity index (χ1n) is 9.93. The van der Waals surface area contributed by atoms with Gasteiger partial charge in [0.1, 0.15) is 17.3 Å². The Balaban J connectivity index is 1.93. The van der Waals surface area contributed by atoms with Crippen LogP contribution in [0.1, 0.15) is 49.8 Å². The number of methoxy groups -OCH3 is 1. The quantitative estimate of drug-likeness (QED) is 0.415. The molecule has 0 atom stereocenters. The van der Waals surface area contributed by atoms with Crippen molar-refractivity contribution in [3.8, 4) is 5.75 Å². The fraction of sp³-hybridized carbons (Fsp3) is 0.455. The molecule has 1 aromatic heterocycles. The molecule has 0 radical (unpaired) electrons. The van der Waals surface area contributed by atoms with Crippen LogP contribution in [0.5, 0.6) is 5.75 Å². The lowest BCUT2D eigenvalue weighted by atomic mass is 10.1. The van der Waals surface area contributed by atoms with Crippen LogP contribution in [0, 0.1) is 0 Å². The molecule has 0 aliphatic heterocycles. The van der Waals surface area contributed by atoms with E-state index in [-0.39, 0.29) is 0 Å². The molecule has 6 heteroatoms. The summed E-state index contributed by atoms with van der Waals surface area (Å²) < 4.78 is 11.2. The summed E-state index contributed by atoms with van der Waals surface area (Å²) >= 11 is 0. The van der Waals surface area contributed by atoms with Crippen LogP contribution in [-0.4, -0.2) is 30.2 Å². The number of nitrogens with one attached hydrogen (secondary N) is 1. The van der Waals surface area contributed by atoms with E-state index in [1.54, 1.807) is 13.3 Å². The summed E-state index contributed by atoms with van der Waals surface area (Å²) in [6, 6.07) is 6.04. The minimum Gasteiger partial charge on any atom is -0.497 e. The molecular weight excluding hydrogens is 352 g/mol. The molecule has 0 saturated carbocycles. The van der Waals surface area contributed by atoms with Gasteiger partial charge < -0.3 is 20.5 Å². The first-order valence-corrected chi connectivity index (χ1v) is 9.93. The number of benzene rings is 1. The van der Waals surface area contributed by atoms with Crippen molar-refractivity contribution in [1.82, 2.24) is 9.97 Å². The highest BCUT2D eigenvalue weighted by Crippen LogP contribution is 2.25. The predicted octanol–water partition coefficient (Wildman–Crippen LogP) is 4.46. The third kappa shape index (κ3) is 6.15. The predicted molar refractivity (Wildman–Crippen MR) is 116 cm³/mol. The van der Waals surface area contributed by atoms with E-state index >= 15 is 0 Å². The van der Waals surface area contributed by atoms with Crippen molar-refractivity contribution in [2.45, 2.75) is 46.0 Å². The van der Waals surface area contributed by atoms with Crippen molar-refractivity contribution in [2.24, 2.45) is 0 Å². The maximum atomic E-state index is 6.02. The fourth-order valence-corrected chi connectivity index (χ4v) is 2.87. The Hall–Kier alpha value is -2.76. The summed E-state index contributed by atoms with van der Waals surface area (Å²) in [5, 5.41) is 3.36. The second kappa shape index (κ2) is 11.2. The number of nitrogens with two attached hydrogens (primary N) is 1. The van der Waals surface area contributed by atoms with Gasteiger partial charge in [-0.2, -0.15) is 4.98 Å². The number of aryl methyl sites for hydroxylation is 2. The van der Waals surface area contributed by atoms with Gasteiger partial charge in [0.25, 0.3) is 0 Å². The molecule has 0 aliphatic rings. The second-order valence-electron chi connectivity index (χ2n) is 6.64. The van der Waals surface area contributed by atoms with Crippen LogP contribution in [-0.2, 0) is 17.6 Å². The maximum absolute atomic E-state index is 6.02. The van der Waals surface area contributed by atoms with E-state index in [2.05, 4.69) is 41.8 Å². The van der Waals surface area contributed by atoms with Crippen LogP contribution >= 0.6 is 0 Å². The van der Waals surface area contributed by atoms with Gasteiger partial charge in [-0.1, -0.05) is 26.8 Å². The number of ether oxygens (including phenoxy) is 2. The number of hydrogen-bond acceptors (Lipinski definition) is 6. The van der Waals surface area contributed by atoms with Gasteiger partial charge >= 0.3 is 0 Å². The van der Waals surface area contributed by atoms with Crippen molar-refractivity contribution >= 4 is 17.5 Å². The van der Waals surface area contributed by atoms with Crippen LogP contribution < -0.4 is 15.8 Å². The number of hydrogen-bond donors (Lipinski definition) is 2. The molecule has 6 nitrogen and oxygen atoms in total. The van der Waals surface area contributed by atoms with E-state index in [0.29, 0.717) is 18.3 Å². The second-order valence-corrected chi connectivity index (χ2v) is 6.64. The molecule has 28 heavy (non-hydrogen) atoms. The summed E-state index contributed by atoms with van der Waals surface area (Å²) in [6.45, 7) is 9.69. The van der Waals surface area contributed by atoms with Crippen LogP contribution in [0.3, 0.4) is 0 Å². The number of nitrogens with zero attached hydrogens (tertiary/aromatic N) is 2. The van der Waals surface area contributed by atoms with Crippen molar-refractivity contribution in [3.63, 3.8) is 0 Å². The highest BCUT2D eigenvalue weighted by atomic mass is 16.5. The first kappa shape index (κ1) is 21.5. The lowest BCUT2D eigenvalue weighted by Gasteiger charge is -2.14. The standard InChI is InChI=1S/C22H32N4O2/c1-5-7-12-24-21-19(15-25-22(23)26-21)9-8-13-28-20-11-10-18(16(3)27-4)14-17(20)6-2/h10-11,14-15H,3,5-9,12-13H2,1-2,4H3,(H3,23,24,25,26). The smallest absolute Gasteiger partial charge is 0.221 e. The fourth-order valence-electron chi connectivity index (χ4n) is 2.87. The number of anilines is 2. The SMILES string of the molecule is C=C(OC)c1ccc(OCCCc2cnc(N)nc2NCCCC)c(CC)c1. The zero-order chi connectivity index (χ0) is 20.4. The van der Waals surface area contributed by atoms with Crippen molar-refractivity contribution < 1.29 is 9.47 Å². The number of nitrogen functional groups attached to an aromatic ring is 1. The number of rotatable bonds is 12. The highest BCUT2D eigenvalue weighted by Gasteiger charge is 2.08.